The first kappa shape index (κ1) is 15.9. The first-order valence-corrected chi connectivity index (χ1v) is 6.95. The zero-order chi connectivity index (χ0) is 14.3. The summed E-state index contributed by atoms with van der Waals surface area (Å²) in [5.41, 5.74) is 0.0277. The SMILES string of the molecule is CCCCCCCC(C)Nc1cc(F)c(F)cc1F. The van der Waals surface area contributed by atoms with Gasteiger partial charge in [-0.2, -0.15) is 0 Å². The van der Waals surface area contributed by atoms with Crippen molar-refractivity contribution in [1.82, 2.24) is 0 Å². The number of halogens is 3. The lowest BCUT2D eigenvalue weighted by molar-refractivity contribution is 0.495. The van der Waals surface area contributed by atoms with E-state index in [0.29, 0.717) is 6.07 Å². The Labute approximate surface area is 113 Å². The van der Waals surface area contributed by atoms with Crippen LogP contribution in [0, 0.1) is 17.5 Å². The zero-order valence-electron chi connectivity index (χ0n) is 11.6. The molecule has 0 saturated heterocycles. The van der Waals surface area contributed by atoms with Crippen molar-refractivity contribution in [2.24, 2.45) is 0 Å². The van der Waals surface area contributed by atoms with Crippen LogP contribution in [0.5, 0.6) is 0 Å². The molecule has 0 spiro atoms. The summed E-state index contributed by atoms with van der Waals surface area (Å²) in [4.78, 5) is 0. The van der Waals surface area contributed by atoms with Gasteiger partial charge in [-0.25, -0.2) is 13.2 Å². The molecule has 0 heterocycles. The van der Waals surface area contributed by atoms with Gasteiger partial charge in [0.2, 0.25) is 0 Å². The Morgan fingerprint density at radius 1 is 0.947 bits per heavy atom. The van der Waals surface area contributed by atoms with Crippen LogP contribution in [0.2, 0.25) is 0 Å². The van der Waals surface area contributed by atoms with E-state index in [1.807, 2.05) is 6.92 Å². The van der Waals surface area contributed by atoms with Gasteiger partial charge in [0.1, 0.15) is 5.82 Å². The van der Waals surface area contributed by atoms with E-state index in [2.05, 4.69) is 12.2 Å². The van der Waals surface area contributed by atoms with Gasteiger partial charge in [0, 0.05) is 18.2 Å². The smallest absolute Gasteiger partial charge is 0.161 e. The van der Waals surface area contributed by atoms with Gasteiger partial charge in [-0.15, -0.1) is 0 Å². The molecule has 0 radical (unpaired) electrons. The van der Waals surface area contributed by atoms with Gasteiger partial charge in [-0.3, -0.25) is 0 Å². The normalized spacial score (nSPS) is 12.5. The Morgan fingerprint density at radius 2 is 1.58 bits per heavy atom. The van der Waals surface area contributed by atoms with Crippen molar-refractivity contribution < 1.29 is 13.2 Å². The average molecular weight is 273 g/mol. The Hall–Kier alpha value is -1.19. The molecule has 108 valence electrons. The van der Waals surface area contributed by atoms with Crippen molar-refractivity contribution in [1.29, 1.82) is 0 Å². The summed E-state index contributed by atoms with van der Waals surface area (Å²) in [5, 5.41) is 2.89. The molecule has 1 rings (SSSR count). The average Bonchev–Trinajstić information content (AvgIpc) is 2.35. The minimum absolute atomic E-state index is 0.0277. The lowest BCUT2D eigenvalue weighted by Gasteiger charge is -2.16. The van der Waals surface area contributed by atoms with Crippen LogP contribution in [-0.2, 0) is 0 Å². The number of benzene rings is 1. The van der Waals surface area contributed by atoms with Crippen molar-refractivity contribution in [3.63, 3.8) is 0 Å². The van der Waals surface area contributed by atoms with Gasteiger partial charge in [0.15, 0.2) is 11.6 Å². The minimum atomic E-state index is -1.16. The van der Waals surface area contributed by atoms with Crippen molar-refractivity contribution in [2.45, 2.75) is 58.4 Å². The van der Waals surface area contributed by atoms with Crippen molar-refractivity contribution in [3.05, 3.63) is 29.6 Å². The molecule has 0 aliphatic rings. The van der Waals surface area contributed by atoms with Gasteiger partial charge < -0.3 is 5.32 Å². The lowest BCUT2D eigenvalue weighted by atomic mass is 10.1. The third kappa shape index (κ3) is 5.53. The summed E-state index contributed by atoms with van der Waals surface area (Å²) < 4.78 is 39.2. The maximum atomic E-state index is 13.4. The Kier molecular flexibility index (Phi) is 6.74. The van der Waals surface area contributed by atoms with E-state index in [-0.39, 0.29) is 11.7 Å². The molecular formula is C15H22F3N. The largest absolute Gasteiger partial charge is 0.380 e. The maximum absolute atomic E-state index is 13.4. The standard InChI is InChI=1S/C15H22F3N/c1-3-4-5-6-7-8-11(2)19-15-10-13(17)12(16)9-14(15)18/h9-11,19H,3-8H2,1-2H3. The molecule has 0 aliphatic carbocycles. The van der Waals surface area contributed by atoms with Crippen LogP contribution >= 0.6 is 0 Å². The number of hydrogen-bond acceptors (Lipinski definition) is 1. The van der Waals surface area contributed by atoms with Gasteiger partial charge in [-0.1, -0.05) is 39.0 Å². The number of unbranched alkanes of at least 4 members (excludes halogenated alkanes) is 4. The predicted octanol–water partition coefficient (Wildman–Crippen LogP) is 5.26. The third-order valence-corrected chi connectivity index (χ3v) is 3.15. The van der Waals surface area contributed by atoms with E-state index in [9.17, 15) is 13.2 Å². The van der Waals surface area contributed by atoms with Crippen LogP contribution in [0.15, 0.2) is 12.1 Å². The van der Waals surface area contributed by atoms with Gasteiger partial charge in [0.05, 0.1) is 5.69 Å². The molecule has 0 saturated carbocycles. The molecule has 0 aliphatic heterocycles. The Morgan fingerprint density at radius 3 is 2.26 bits per heavy atom. The second-order valence-electron chi connectivity index (χ2n) is 4.99. The fourth-order valence-electron chi connectivity index (χ4n) is 2.02. The second-order valence-corrected chi connectivity index (χ2v) is 4.99. The summed E-state index contributed by atoms with van der Waals surface area (Å²) >= 11 is 0. The van der Waals surface area contributed by atoms with Crippen LogP contribution in [0.1, 0.15) is 52.4 Å². The Bertz CT molecular complexity index is 393. The van der Waals surface area contributed by atoms with Crippen LogP contribution in [-0.4, -0.2) is 6.04 Å². The highest BCUT2D eigenvalue weighted by Gasteiger charge is 2.11. The summed E-state index contributed by atoms with van der Waals surface area (Å²) in [6.07, 6.45) is 6.75. The van der Waals surface area contributed by atoms with Gasteiger partial charge in [0.25, 0.3) is 0 Å². The summed E-state index contributed by atoms with van der Waals surface area (Å²) in [6.45, 7) is 4.08. The number of hydrogen-bond donors (Lipinski definition) is 1. The molecular weight excluding hydrogens is 251 g/mol. The molecule has 1 unspecified atom stereocenters. The van der Waals surface area contributed by atoms with E-state index >= 15 is 0 Å². The Balaban J connectivity index is 2.40. The predicted molar refractivity (Wildman–Crippen MR) is 72.8 cm³/mol. The van der Waals surface area contributed by atoms with Crippen molar-refractivity contribution >= 4 is 5.69 Å². The van der Waals surface area contributed by atoms with E-state index in [1.165, 1.54) is 19.3 Å². The number of anilines is 1. The summed E-state index contributed by atoms with van der Waals surface area (Å²) in [5.74, 6) is -2.94. The third-order valence-electron chi connectivity index (χ3n) is 3.15. The molecule has 1 nitrogen and oxygen atoms in total. The molecule has 4 heteroatoms. The number of nitrogens with one attached hydrogen (secondary N) is 1. The molecule has 1 N–H and O–H groups in total. The zero-order valence-corrected chi connectivity index (χ0v) is 11.6. The quantitative estimate of drug-likeness (QED) is 0.503. The molecule has 0 bridgehead atoms. The monoisotopic (exact) mass is 273 g/mol. The number of rotatable bonds is 8. The molecule has 0 fully saturated rings. The highest BCUT2D eigenvalue weighted by molar-refractivity contribution is 5.45. The molecule has 1 aromatic rings. The van der Waals surface area contributed by atoms with Crippen LogP contribution in [0.25, 0.3) is 0 Å². The van der Waals surface area contributed by atoms with Crippen molar-refractivity contribution in [2.75, 3.05) is 5.32 Å². The van der Waals surface area contributed by atoms with Crippen molar-refractivity contribution in [3.8, 4) is 0 Å². The molecule has 1 aromatic carbocycles. The van der Waals surface area contributed by atoms with Crippen LogP contribution in [0.3, 0.4) is 0 Å². The van der Waals surface area contributed by atoms with E-state index < -0.39 is 17.5 Å². The highest BCUT2D eigenvalue weighted by atomic mass is 19.2. The fourth-order valence-corrected chi connectivity index (χ4v) is 2.02. The lowest BCUT2D eigenvalue weighted by Crippen LogP contribution is -2.16. The van der Waals surface area contributed by atoms with E-state index in [4.69, 9.17) is 0 Å². The molecule has 19 heavy (non-hydrogen) atoms. The topological polar surface area (TPSA) is 12.0 Å². The molecule has 0 aromatic heterocycles. The molecule has 0 amide bonds. The van der Waals surface area contributed by atoms with E-state index in [0.717, 1.165) is 25.3 Å². The highest BCUT2D eigenvalue weighted by Crippen LogP contribution is 2.20. The summed E-state index contributed by atoms with van der Waals surface area (Å²) in [6, 6.07) is 1.49. The van der Waals surface area contributed by atoms with Gasteiger partial charge >= 0.3 is 0 Å². The molecule has 1 atom stereocenters. The van der Waals surface area contributed by atoms with Crippen LogP contribution < -0.4 is 5.32 Å². The van der Waals surface area contributed by atoms with Crippen LogP contribution in [0.4, 0.5) is 18.9 Å². The summed E-state index contributed by atoms with van der Waals surface area (Å²) in [7, 11) is 0. The maximum Gasteiger partial charge on any atom is 0.161 e. The first-order valence-electron chi connectivity index (χ1n) is 6.95. The first-order chi connectivity index (χ1) is 9.04. The van der Waals surface area contributed by atoms with Gasteiger partial charge in [-0.05, 0) is 13.3 Å². The minimum Gasteiger partial charge on any atom is -0.380 e. The fraction of sp³-hybridized carbons (Fsp3) is 0.600. The van der Waals surface area contributed by atoms with E-state index in [1.54, 1.807) is 0 Å². The second kappa shape index (κ2) is 8.08.